The maximum Gasteiger partial charge on any atom is 0.241 e. The van der Waals surface area contributed by atoms with Crippen molar-refractivity contribution in [2.24, 2.45) is 0 Å². The molecule has 1 N–H and O–H groups in total. The number of nitrogens with zero attached hydrogens (tertiary/aromatic N) is 2. The highest BCUT2D eigenvalue weighted by Crippen LogP contribution is 2.21. The zero-order chi connectivity index (χ0) is 21.0. The van der Waals surface area contributed by atoms with Crippen LogP contribution in [0.2, 0.25) is 0 Å². The van der Waals surface area contributed by atoms with Crippen LogP contribution in [0.15, 0.2) is 66.7 Å². The Morgan fingerprint density at radius 1 is 1.07 bits per heavy atom. The van der Waals surface area contributed by atoms with E-state index in [1.165, 1.54) is 6.07 Å². The second-order valence-electron chi connectivity index (χ2n) is 6.83. The Kier molecular flexibility index (Phi) is 5.85. The third kappa shape index (κ3) is 4.92. The van der Waals surface area contributed by atoms with Gasteiger partial charge in [0.2, 0.25) is 15.9 Å². The third-order valence-electron chi connectivity index (χ3n) is 4.60. The Hall–Kier alpha value is -3.37. The van der Waals surface area contributed by atoms with Crippen molar-refractivity contribution in [1.29, 1.82) is 5.26 Å². The summed E-state index contributed by atoms with van der Waals surface area (Å²) in [5.74, 6) is -0.432. The molecule has 6 nitrogen and oxygen atoms in total. The van der Waals surface area contributed by atoms with Crippen LogP contribution in [-0.2, 0) is 14.8 Å². The molecule has 0 unspecified atom stereocenters. The first-order valence-corrected chi connectivity index (χ1v) is 10.9. The molecule has 0 aromatic heterocycles. The topological polar surface area (TPSA) is 90.3 Å². The summed E-state index contributed by atoms with van der Waals surface area (Å²) < 4.78 is 25.5. The predicted molar refractivity (Wildman–Crippen MR) is 114 cm³/mol. The lowest BCUT2D eigenvalue weighted by molar-refractivity contribution is -0.120. The summed E-state index contributed by atoms with van der Waals surface area (Å²) in [6.07, 6.45) is 1.03. The molecule has 3 aromatic carbocycles. The highest BCUT2D eigenvalue weighted by Gasteiger charge is 2.22. The summed E-state index contributed by atoms with van der Waals surface area (Å²) >= 11 is 0. The summed E-state index contributed by atoms with van der Waals surface area (Å²) in [6.45, 7) is 1.48. The number of nitriles is 1. The lowest BCUT2D eigenvalue weighted by Crippen LogP contribution is -2.41. The molecular formula is C22H21N3O3S. The van der Waals surface area contributed by atoms with Crippen LogP contribution >= 0.6 is 0 Å². The molecule has 0 bridgehead atoms. The van der Waals surface area contributed by atoms with Crippen molar-refractivity contribution >= 4 is 32.4 Å². The van der Waals surface area contributed by atoms with Crippen molar-refractivity contribution in [2.45, 2.75) is 13.0 Å². The molecule has 0 aliphatic rings. The molecule has 1 amide bonds. The molecule has 0 aliphatic heterocycles. The van der Waals surface area contributed by atoms with Crippen LogP contribution in [-0.4, -0.2) is 27.1 Å². The average molecular weight is 407 g/mol. The molecule has 148 valence electrons. The number of rotatable bonds is 6. The van der Waals surface area contributed by atoms with Crippen LogP contribution in [0, 0.1) is 11.3 Å². The highest BCUT2D eigenvalue weighted by atomic mass is 32.2. The van der Waals surface area contributed by atoms with Crippen LogP contribution in [0.5, 0.6) is 0 Å². The second kappa shape index (κ2) is 8.33. The Balaban J connectivity index is 1.78. The lowest BCUT2D eigenvalue weighted by Gasteiger charge is -2.23. The molecule has 0 radical (unpaired) electrons. The van der Waals surface area contributed by atoms with E-state index in [0.717, 1.165) is 26.9 Å². The fraction of sp³-hybridized carbons (Fsp3) is 0.182. The monoisotopic (exact) mass is 407 g/mol. The van der Waals surface area contributed by atoms with Crippen molar-refractivity contribution in [3.8, 4) is 6.07 Å². The Morgan fingerprint density at radius 2 is 1.79 bits per heavy atom. The predicted octanol–water partition coefficient (Wildman–Crippen LogP) is 3.35. The molecule has 0 aliphatic carbocycles. The Morgan fingerprint density at radius 3 is 2.48 bits per heavy atom. The van der Waals surface area contributed by atoms with E-state index in [9.17, 15) is 13.2 Å². The number of carbonyl (C=O) groups is 1. The van der Waals surface area contributed by atoms with Crippen molar-refractivity contribution in [3.05, 3.63) is 77.9 Å². The number of fused-ring (bicyclic) bond motifs is 1. The summed E-state index contributed by atoms with van der Waals surface area (Å²) in [4.78, 5) is 12.6. The fourth-order valence-corrected chi connectivity index (χ4v) is 3.96. The van der Waals surface area contributed by atoms with E-state index in [4.69, 9.17) is 5.26 Å². The Bertz CT molecular complexity index is 1200. The van der Waals surface area contributed by atoms with E-state index in [1.807, 2.05) is 55.5 Å². The van der Waals surface area contributed by atoms with Crippen molar-refractivity contribution in [2.75, 3.05) is 17.1 Å². The summed E-state index contributed by atoms with van der Waals surface area (Å²) in [6, 6.07) is 21.7. The van der Waals surface area contributed by atoms with Crippen LogP contribution in [0.1, 0.15) is 24.1 Å². The van der Waals surface area contributed by atoms with Crippen molar-refractivity contribution < 1.29 is 13.2 Å². The van der Waals surface area contributed by atoms with Crippen molar-refractivity contribution in [1.82, 2.24) is 5.32 Å². The molecule has 0 saturated carbocycles. The average Bonchev–Trinajstić information content (AvgIpc) is 2.70. The van der Waals surface area contributed by atoms with Gasteiger partial charge in [0.25, 0.3) is 0 Å². The first-order valence-electron chi connectivity index (χ1n) is 9.04. The molecule has 0 saturated heterocycles. The first kappa shape index (κ1) is 20.4. The molecule has 29 heavy (non-hydrogen) atoms. The molecule has 1 atom stereocenters. The van der Waals surface area contributed by atoms with E-state index >= 15 is 0 Å². The van der Waals surface area contributed by atoms with Gasteiger partial charge in [-0.05, 0) is 47.5 Å². The number of hydrogen-bond donors (Lipinski definition) is 1. The van der Waals surface area contributed by atoms with Crippen molar-refractivity contribution in [3.63, 3.8) is 0 Å². The Labute approximate surface area is 170 Å². The number of sulfonamides is 1. The lowest BCUT2D eigenvalue weighted by atomic mass is 10.0. The summed E-state index contributed by atoms with van der Waals surface area (Å²) in [5, 5.41) is 14.1. The van der Waals surface area contributed by atoms with E-state index < -0.39 is 15.9 Å². The second-order valence-corrected chi connectivity index (χ2v) is 8.73. The number of anilines is 1. The zero-order valence-electron chi connectivity index (χ0n) is 16.2. The number of hydrogen-bond acceptors (Lipinski definition) is 4. The van der Waals surface area contributed by atoms with Crippen LogP contribution < -0.4 is 9.62 Å². The molecule has 0 fully saturated rings. The summed E-state index contributed by atoms with van der Waals surface area (Å²) in [7, 11) is -3.70. The van der Waals surface area contributed by atoms with E-state index in [1.54, 1.807) is 18.2 Å². The fourth-order valence-electron chi connectivity index (χ4n) is 3.11. The number of benzene rings is 3. The zero-order valence-corrected chi connectivity index (χ0v) is 17.0. The normalized spacial score (nSPS) is 12.2. The molecule has 0 heterocycles. The van der Waals surface area contributed by atoms with Gasteiger partial charge in [-0.3, -0.25) is 9.10 Å². The maximum absolute atomic E-state index is 12.6. The molecular weight excluding hydrogens is 386 g/mol. The standard InChI is InChI=1S/C22H21N3O3S/c1-16(19-11-10-18-7-3-4-8-20(18)13-19)24-22(26)15-25(29(2,27)28)21-9-5-6-17(12-21)14-23/h3-13,16H,15H2,1-2H3,(H,24,26)/t16-/m0/s1. The SMILES string of the molecule is C[C@H](NC(=O)CN(c1cccc(C#N)c1)S(C)(=O)=O)c1ccc2ccccc2c1. The van der Waals surface area contributed by atoms with Gasteiger partial charge in [0.15, 0.2) is 0 Å². The molecule has 0 spiro atoms. The highest BCUT2D eigenvalue weighted by molar-refractivity contribution is 7.92. The van der Waals surface area contributed by atoms with Gasteiger partial charge in [-0.2, -0.15) is 5.26 Å². The van der Waals surface area contributed by atoms with E-state index in [0.29, 0.717) is 5.56 Å². The van der Waals surface area contributed by atoms with Gasteiger partial charge in [-0.15, -0.1) is 0 Å². The minimum absolute atomic E-state index is 0.278. The molecule has 7 heteroatoms. The van der Waals surface area contributed by atoms with Crippen LogP contribution in [0.25, 0.3) is 10.8 Å². The maximum atomic E-state index is 12.6. The van der Waals surface area contributed by atoms with Gasteiger partial charge in [0.05, 0.1) is 29.6 Å². The first-order chi connectivity index (χ1) is 13.8. The van der Waals surface area contributed by atoms with Gasteiger partial charge >= 0.3 is 0 Å². The number of amides is 1. The molecule has 3 rings (SSSR count). The van der Waals surface area contributed by atoms with Gasteiger partial charge in [-0.1, -0.05) is 42.5 Å². The van der Waals surface area contributed by atoms with Gasteiger partial charge in [-0.25, -0.2) is 8.42 Å². The van der Waals surface area contributed by atoms with Crippen LogP contribution in [0.4, 0.5) is 5.69 Å². The van der Waals surface area contributed by atoms with Gasteiger partial charge < -0.3 is 5.32 Å². The number of carbonyl (C=O) groups excluding carboxylic acids is 1. The summed E-state index contributed by atoms with van der Waals surface area (Å²) in [5.41, 5.74) is 1.52. The van der Waals surface area contributed by atoms with Crippen LogP contribution in [0.3, 0.4) is 0 Å². The number of nitrogens with one attached hydrogen (secondary N) is 1. The third-order valence-corrected chi connectivity index (χ3v) is 5.74. The largest absolute Gasteiger partial charge is 0.348 e. The van der Waals surface area contributed by atoms with E-state index in [-0.39, 0.29) is 18.3 Å². The van der Waals surface area contributed by atoms with Gasteiger partial charge in [0, 0.05) is 0 Å². The minimum Gasteiger partial charge on any atom is -0.348 e. The molecule has 3 aromatic rings. The van der Waals surface area contributed by atoms with Gasteiger partial charge in [0.1, 0.15) is 6.54 Å². The smallest absolute Gasteiger partial charge is 0.241 e. The van der Waals surface area contributed by atoms with E-state index in [2.05, 4.69) is 5.32 Å². The quantitative estimate of drug-likeness (QED) is 0.678. The minimum atomic E-state index is -3.70.